The average Bonchev–Trinajstić information content (AvgIpc) is 3.83. The lowest BCUT2D eigenvalue weighted by Crippen LogP contribution is -2.63. The normalized spacial score (nSPS) is 27.3. The predicted octanol–water partition coefficient (Wildman–Crippen LogP) is 1.20. The van der Waals surface area contributed by atoms with Crippen LogP contribution in [0.25, 0.3) is 0 Å². The van der Waals surface area contributed by atoms with Crippen LogP contribution >= 0.6 is 7.82 Å². The SMILES string of the molecule is C[C@@H]1C[C@H]2C(=O)O[C@@H](C)[C@H](NC(=O)[C@H](Cc3cc(F)cc(F)c3)NC(=O)Nc3ccc(C#N)cc3)C(=O)N3C[C@H](OP(=O)(O)O)C[C@H]3C(=O)N3CCCC[C@H]3C(=O)N[C@@H](C)C(=O)N2C1. The van der Waals surface area contributed by atoms with Crippen LogP contribution in [-0.2, 0) is 49.0 Å². The summed E-state index contributed by atoms with van der Waals surface area (Å²) in [5, 5.41) is 19.2. The van der Waals surface area contributed by atoms with E-state index in [-0.39, 0.29) is 48.7 Å². The number of urea groups is 1. The van der Waals surface area contributed by atoms with Crippen molar-refractivity contribution in [2.75, 3.05) is 25.0 Å². The largest absolute Gasteiger partial charge is 0.469 e. The molecule has 0 aliphatic carbocycles. The first-order chi connectivity index (χ1) is 30.2. The summed E-state index contributed by atoms with van der Waals surface area (Å²) < 4.78 is 51.6. The van der Waals surface area contributed by atoms with Crippen molar-refractivity contribution in [1.82, 2.24) is 30.7 Å². The Labute approximate surface area is 366 Å². The fourth-order valence-corrected chi connectivity index (χ4v) is 9.15. The number of cyclic esters (lactones) is 1. The van der Waals surface area contributed by atoms with Crippen molar-refractivity contribution >= 4 is 55.0 Å². The molecule has 0 aromatic heterocycles. The van der Waals surface area contributed by atoms with Crippen molar-refractivity contribution in [1.29, 1.82) is 5.26 Å². The number of carbonyl (C=O) groups excluding carboxylic acids is 7. The summed E-state index contributed by atoms with van der Waals surface area (Å²) >= 11 is 0. The maximum Gasteiger partial charge on any atom is 0.469 e. The molecule has 2 aromatic carbocycles. The quantitative estimate of drug-likeness (QED) is 0.161. The molecule has 0 unspecified atom stereocenters. The van der Waals surface area contributed by atoms with Gasteiger partial charge in [-0.05, 0) is 87.4 Å². The lowest BCUT2D eigenvalue weighted by molar-refractivity contribution is -0.163. The van der Waals surface area contributed by atoms with Crippen molar-refractivity contribution < 1.29 is 66.0 Å². The van der Waals surface area contributed by atoms with Gasteiger partial charge in [0.25, 0.3) is 0 Å². The topological polar surface area (TPSA) is 277 Å². The van der Waals surface area contributed by atoms with Gasteiger partial charge in [0.05, 0.1) is 17.7 Å². The highest BCUT2D eigenvalue weighted by Gasteiger charge is 2.50. The Bertz CT molecular complexity index is 2240. The molecule has 4 heterocycles. The Kier molecular flexibility index (Phi) is 14.7. The Morgan fingerprint density at radius 3 is 2.25 bits per heavy atom. The predicted molar refractivity (Wildman–Crippen MR) is 218 cm³/mol. The van der Waals surface area contributed by atoms with Crippen LogP contribution in [0.3, 0.4) is 0 Å². The highest BCUT2D eigenvalue weighted by Crippen LogP contribution is 2.41. The lowest BCUT2D eigenvalue weighted by Gasteiger charge is -2.39. The van der Waals surface area contributed by atoms with Gasteiger partial charge in [0.15, 0.2) is 0 Å². The molecular weight excluding hydrogens is 865 g/mol. The second-order valence-electron chi connectivity index (χ2n) is 16.5. The molecule has 4 aliphatic heterocycles. The number of halogens is 2. The number of benzene rings is 2. The van der Waals surface area contributed by atoms with Crippen LogP contribution in [0.1, 0.15) is 64.0 Å². The molecule has 0 spiro atoms. The molecule has 20 nitrogen and oxygen atoms in total. The maximum absolute atomic E-state index is 14.9. The monoisotopic (exact) mass is 914 g/mol. The van der Waals surface area contributed by atoms with Crippen molar-refractivity contribution in [2.45, 2.75) is 108 Å². The van der Waals surface area contributed by atoms with Gasteiger partial charge in [-0.25, -0.2) is 22.9 Å². The van der Waals surface area contributed by atoms with E-state index in [1.807, 2.05) is 6.07 Å². The molecule has 9 atom stereocenters. The van der Waals surface area contributed by atoms with E-state index in [0.717, 1.165) is 17.0 Å². The second kappa shape index (κ2) is 19.8. The summed E-state index contributed by atoms with van der Waals surface area (Å²) in [6, 6.07) is 0.332. The van der Waals surface area contributed by atoms with Gasteiger partial charge < -0.3 is 50.5 Å². The molecule has 64 heavy (non-hydrogen) atoms. The van der Waals surface area contributed by atoms with E-state index in [1.54, 1.807) is 6.92 Å². The first-order valence-electron chi connectivity index (χ1n) is 20.7. The number of rotatable bonds is 8. The van der Waals surface area contributed by atoms with E-state index >= 15 is 0 Å². The number of piperidine rings is 1. The number of anilines is 1. The minimum atomic E-state index is -5.22. The smallest absolute Gasteiger partial charge is 0.458 e. The third-order valence-corrected chi connectivity index (χ3v) is 12.2. The second-order valence-corrected chi connectivity index (χ2v) is 17.7. The molecule has 0 bridgehead atoms. The van der Waals surface area contributed by atoms with E-state index < -0.39 is 129 Å². The summed E-state index contributed by atoms with van der Waals surface area (Å²) in [5.74, 6) is -7.54. The van der Waals surface area contributed by atoms with E-state index in [2.05, 4.69) is 21.3 Å². The number of nitrogens with zero attached hydrogens (tertiary/aromatic N) is 4. The number of esters is 1. The van der Waals surface area contributed by atoms with Crippen molar-refractivity contribution in [2.24, 2.45) is 5.92 Å². The van der Waals surface area contributed by atoms with Crippen LogP contribution in [-0.4, -0.2) is 134 Å². The summed E-state index contributed by atoms with van der Waals surface area (Å²) in [5.41, 5.74) is 0.371. The van der Waals surface area contributed by atoms with Gasteiger partial charge in [-0.2, -0.15) is 5.26 Å². The van der Waals surface area contributed by atoms with Gasteiger partial charge in [0, 0.05) is 44.2 Å². The molecule has 4 aliphatic rings. The lowest BCUT2D eigenvalue weighted by atomic mass is 9.98. The number of hydrogen-bond donors (Lipinski definition) is 6. The fourth-order valence-electron chi connectivity index (χ4n) is 8.61. The first-order valence-corrected chi connectivity index (χ1v) is 22.2. The summed E-state index contributed by atoms with van der Waals surface area (Å²) in [7, 11) is -5.22. The minimum Gasteiger partial charge on any atom is -0.458 e. The van der Waals surface area contributed by atoms with Gasteiger partial charge in [0.1, 0.15) is 54.0 Å². The van der Waals surface area contributed by atoms with E-state index in [4.69, 9.17) is 14.5 Å². The number of carbonyl (C=O) groups is 7. The molecule has 6 rings (SSSR count). The van der Waals surface area contributed by atoms with Crippen LogP contribution in [0.5, 0.6) is 0 Å². The standard InChI is InChI=1S/C41H49F2N8O12P/c1-21-12-33-40(57)62-23(3)34(48-35(52)30(15-25-13-26(42)16-27(43)14-25)47-41(58)46-28-9-7-24(18-44)8-10-28)39(56)51-20-29(63-64(59,60)61)17-32(51)38(55)49-11-5-4-6-31(49)36(53)45-22(2)37(54)50(33)19-21/h7-10,13-14,16,21-23,29-34H,4-6,11-12,15,17,19-20H2,1-3H3,(H,45,53)(H,48,52)(H2,46,47,58)(H2,59,60,61)/t21-,22+,23+,29-,30+,31+,32+,33+,34+/m1/s1. The van der Waals surface area contributed by atoms with Gasteiger partial charge in [0.2, 0.25) is 29.5 Å². The Morgan fingerprint density at radius 1 is 0.922 bits per heavy atom. The molecular formula is C41H49F2N8O12P. The molecule has 23 heteroatoms. The molecule has 0 radical (unpaired) electrons. The third kappa shape index (κ3) is 11.4. The number of amides is 7. The van der Waals surface area contributed by atoms with Gasteiger partial charge in [-0.15, -0.1) is 0 Å². The van der Waals surface area contributed by atoms with Gasteiger partial charge >= 0.3 is 19.8 Å². The van der Waals surface area contributed by atoms with Crippen molar-refractivity contribution in [3.8, 4) is 6.07 Å². The molecule has 2 aromatic rings. The Hall–Kier alpha value is -6.01. The molecule has 4 fully saturated rings. The number of ether oxygens (including phenoxy) is 1. The van der Waals surface area contributed by atoms with Crippen molar-refractivity contribution in [3.05, 3.63) is 65.2 Å². The first kappa shape index (κ1) is 47.5. The number of nitriles is 1. The fraction of sp³-hybridized carbons (Fsp3) is 0.512. The number of phosphoric ester groups is 1. The van der Waals surface area contributed by atoms with E-state index in [9.17, 15) is 56.7 Å². The van der Waals surface area contributed by atoms with Gasteiger partial charge in [-0.3, -0.25) is 28.5 Å². The van der Waals surface area contributed by atoms with Crippen LogP contribution in [0.2, 0.25) is 0 Å². The average molecular weight is 915 g/mol. The zero-order valence-electron chi connectivity index (χ0n) is 35.1. The highest BCUT2D eigenvalue weighted by molar-refractivity contribution is 7.46. The number of fused-ring (bicyclic) bond motifs is 3. The van der Waals surface area contributed by atoms with Crippen LogP contribution in [0.15, 0.2) is 42.5 Å². The van der Waals surface area contributed by atoms with E-state index in [0.29, 0.717) is 18.9 Å². The molecule has 4 saturated heterocycles. The van der Waals surface area contributed by atoms with Gasteiger partial charge in [-0.1, -0.05) is 6.92 Å². The summed E-state index contributed by atoms with van der Waals surface area (Å²) in [4.78, 5) is 122. The maximum atomic E-state index is 14.9. The summed E-state index contributed by atoms with van der Waals surface area (Å²) in [6.07, 6.45) is -2.80. The Morgan fingerprint density at radius 2 is 1.59 bits per heavy atom. The zero-order chi connectivity index (χ0) is 46.6. The third-order valence-electron chi connectivity index (χ3n) is 11.6. The molecule has 344 valence electrons. The molecule has 7 amide bonds. The number of nitrogens with one attached hydrogen (secondary N) is 4. The summed E-state index contributed by atoms with van der Waals surface area (Å²) in [6.45, 7) is 4.01. The number of phosphoric acid groups is 1. The highest BCUT2D eigenvalue weighted by atomic mass is 31.2. The molecule has 0 saturated carbocycles. The number of hydrogen-bond acceptors (Lipinski definition) is 11. The van der Waals surface area contributed by atoms with Crippen LogP contribution in [0.4, 0.5) is 19.3 Å². The Balaban J connectivity index is 1.39. The zero-order valence-corrected chi connectivity index (χ0v) is 36.0. The minimum absolute atomic E-state index is 0.0419. The van der Waals surface area contributed by atoms with Crippen LogP contribution < -0.4 is 21.3 Å². The van der Waals surface area contributed by atoms with E-state index in [1.165, 1.54) is 47.9 Å². The van der Waals surface area contributed by atoms with Crippen molar-refractivity contribution in [3.63, 3.8) is 0 Å². The van der Waals surface area contributed by atoms with Crippen LogP contribution in [0, 0.1) is 28.9 Å². The molecule has 6 N–H and O–H groups in total.